The molecule has 2 unspecified atom stereocenters. The van der Waals surface area contributed by atoms with E-state index in [-0.39, 0.29) is 0 Å². The third kappa shape index (κ3) is 4.50. The average Bonchev–Trinajstić information content (AvgIpc) is 2.86. The Bertz CT molecular complexity index is 1380. The minimum absolute atomic E-state index is 0.550. The largest absolute Gasteiger partial charge is 0.378 e. The first kappa shape index (κ1) is 22.0. The van der Waals surface area contributed by atoms with Crippen molar-refractivity contribution in [3.63, 3.8) is 0 Å². The lowest BCUT2D eigenvalue weighted by atomic mass is 10.0. The van der Waals surface area contributed by atoms with E-state index in [4.69, 9.17) is 21.6 Å². The third-order valence-corrected chi connectivity index (χ3v) is 6.07. The van der Waals surface area contributed by atoms with Crippen LogP contribution < -0.4 is 10.2 Å². The smallest absolute Gasteiger partial charge is 0.163 e. The van der Waals surface area contributed by atoms with Crippen molar-refractivity contribution in [2.24, 2.45) is 0 Å². The molecule has 0 saturated carbocycles. The SMILES string of the molecule is CN(C)c1ccc(-c2ccc3c(NC4=CC(Cl)C(F)C=C4)nc(-c4cccnc4)nc3c2)cc1. The quantitative estimate of drug-likeness (QED) is 0.349. The van der Waals surface area contributed by atoms with Gasteiger partial charge in [-0.3, -0.25) is 4.98 Å². The van der Waals surface area contributed by atoms with Gasteiger partial charge in [0.25, 0.3) is 0 Å². The number of rotatable bonds is 5. The predicted octanol–water partition coefficient (Wildman–Crippen LogP) is 6.24. The molecule has 2 aromatic heterocycles. The fraction of sp³-hybridized carbons (Fsp3) is 0.148. The Balaban J connectivity index is 1.60. The van der Waals surface area contributed by atoms with Crippen molar-refractivity contribution in [3.05, 3.63) is 90.9 Å². The van der Waals surface area contributed by atoms with E-state index in [1.165, 1.54) is 6.08 Å². The number of fused-ring (bicyclic) bond motifs is 1. The molecule has 1 aliphatic carbocycles. The van der Waals surface area contributed by atoms with Gasteiger partial charge in [0, 0.05) is 48.8 Å². The Morgan fingerprint density at radius 3 is 2.47 bits per heavy atom. The van der Waals surface area contributed by atoms with E-state index >= 15 is 0 Å². The van der Waals surface area contributed by atoms with Gasteiger partial charge in [0.15, 0.2) is 5.82 Å². The average molecular weight is 472 g/mol. The van der Waals surface area contributed by atoms with Gasteiger partial charge in [0.2, 0.25) is 0 Å². The standard InChI is InChI=1S/C27H23ClFN5/c1-34(2)21-9-5-17(6-10-21)18-7-11-22-25(14-18)32-26(19-4-3-13-30-16-19)33-27(22)31-20-8-12-24(29)23(28)15-20/h3-16,23-24H,1-2H3,(H,31,32,33). The van der Waals surface area contributed by atoms with E-state index in [1.807, 2.05) is 32.3 Å². The second-order valence-corrected chi connectivity index (χ2v) is 8.81. The van der Waals surface area contributed by atoms with E-state index in [9.17, 15) is 4.39 Å². The van der Waals surface area contributed by atoms with Crippen molar-refractivity contribution in [2.75, 3.05) is 24.3 Å². The Kier molecular flexibility index (Phi) is 5.99. The van der Waals surface area contributed by atoms with Crippen LogP contribution in [0, 0.1) is 0 Å². The zero-order chi connectivity index (χ0) is 23.7. The van der Waals surface area contributed by atoms with E-state index in [0.29, 0.717) is 17.3 Å². The highest BCUT2D eigenvalue weighted by atomic mass is 35.5. The molecule has 2 heterocycles. The summed E-state index contributed by atoms with van der Waals surface area (Å²) in [5, 5.41) is 3.43. The van der Waals surface area contributed by atoms with E-state index in [2.05, 4.69) is 51.6 Å². The number of nitrogens with zero attached hydrogens (tertiary/aromatic N) is 4. The molecule has 0 aliphatic heterocycles. The number of halogens is 2. The molecule has 0 radical (unpaired) electrons. The van der Waals surface area contributed by atoms with Gasteiger partial charge < -0.3 is 10.2 Å². The second-order valence-electron chi connectivity index (χ2n) is 8.31. The van der Waals surface area contributed by atoms with Crippen LogP contribution in [0.15, 0.2) is 90.9 Å². The van der Waals surface area contributed by atoms with Crippen LogP contribution >= 0.6 is 11.6 Å². The van der Waals surface area contributed by atoms with Gasteiger partial charge in [0.05, 0.1) is 10.9 Å². The molecule has 2 atom stereocenters. The first-order valence-corrected chi connectivity index (χ1v) is 11.4. The second kappa shape index (κ2) is 9.23. The highest BCUT2D eigenvalue weighted by Crippen LogP contribution is 2.31. The van der Waals surface area contributed by atoms with Crippen molar-refractivity contribution in [1.82, 2.24) is 15.0 Å². The number of benzene rings is 2. The molecule has 4 aromatic rings. The summed E-state index contributed by atoms with van der Waals surface area (Å²) < 4.78 is 13.8. The maximum absolute atomic E-state index is 13.8. The molecule has 170 valence electrons. The highest BCUT2D eigenvalue weighted by Gasteiger charge is 2.19. The number of anilines is 2. The van der Waals surface area contributed by atoms with Crippen LogP contribution in [0.5, 0.6) is 0 Å². The number of nitrogens with one attached hydrogen (secondary N) is 1. The number of pyridine rings is 1. The van der Waals surface area contributed by atoms with Gasteiger partial charge in [0.1, 0.15) is 12.0 Å². The molecular formula is C27H23ClFN5. The molecule has 1 N–H and O–H groups in total. The van der Waals surface area contributed by atoms with Gasteiger partial charge in [-0.05, 0) is 65.8 Å². The summed E-state index contributed by atoms with van der Waals surface area (Å²) in [4.78, 5) is 15.9. The molecule has 34 heavy (non-hydrogen) atoms. The van der Waals surface area contributed by atoms with E-state index < -0.39 is 11.5 Å². The number of alkyl halides is 2. The molecule has 0 amide bonds. The molecule has 1 aliphatic rings. The lowest BCUT2D eigenvalue weighted by Crippen LogP contribution is -2.17. The summed E-state index contributed by atoms with van der Waals surface area (Å²) in [7, 11) is 4.04. The molecule has 0 bridgehead atoms. The van der Waals surface area contributed by atoms with Gasteiger partial charge >= 0.3 is 0 Å². The Labute approximate surface area is 202 Å². The first-order valence-electron chi connectivity index (χ1n) is 10.9. The van der Waals surface area contributed by atoms with Crippen molar-refractivity contribution in [3.8, 4) is 22.5 Å². The van der Waals surface area contributed by atoms with Crippen molar-refractivity contribution >= 4 is 34.0 Å². The molecule has 0 spiro atoms. The normalized spacial score (nSPS) is 17.5. The predicted molar refractivity (Wildman–Crippen MR) is 138 cm³/mol. The third-order valence-electron chi connectivity index (χ3n) is 5.70. The Morgan fingerprint density at radius 1 is 0.971 bits per heavy atom. The molecule has 5 rings (SSSR count). The lowest BCUT2D eigenvalue weighted by Gasteiger charge is -2.17. The first-order chi connectivity index (χ1) is 16.5. The van der Waals surface area contributed by atoms with Crippen LogP contribution in [0.3, 0.4) is 0 Å². The van der Waals surface area contributed by atoms with Gasteiger partial charge in [-0.15, -0.1) is 11.6 Å². The summed E-state index contributed by atoms with van der Waals surface area (Å²) in [5.74, 6) is 1.17. The molecule has 2 aromatic carbocycles. The maximum Gasteiger partial charge on any atom is 0.163 e. The zero-order valence-electron chi connectivity index (χ0n) is 18.8. The van der Waals surface area contributed by atoms with Crippen molar-refractivity contribution < 1.29 is 4.39 Å². The van der Waals surface area contributed by atoms with Crippen molar-refractivity contribution in [1.29, 1.82) is 0 Å². The molecular weight excluding hydrogens is 449 g/mol. The minimum atomic E-state index is -1.21. The van der Waals surface area contributed by atoms with Crippen LogP contribution in [-0.4, -0.2) is 40.6 Å². The summed E-state index contributed by atoms with van der Waals surface area (Å²) >= 11 is 6.11. The summed E-state index contributed by atoms with van der Waals surface area (Å²) in [6.45, 7) is 0. The number of hydrogen-bond donors (Lipinski definition) is 1. The number of hydrogen-bond acceptors (Lipinski definition) is 5. The summed E-state index contributed by atoms with van der Waals surface area (Å²) in [5.41, 5.74) is 5.57. The topological polar surface area (TPSA) is 53.9 Å². The van der Waals surface area contributed by atoms with Crippen LogP contribution in [0.4, 0.5) is 15.9 Å². The zero-order valence-corrected chi connectivity index (χ0v) is 19.5. The van der Waals surface area contributed by atoms with Gasteiger partial charge in [-0.25, -0.2) is 14.4 Å². The molecule has 0 saturated heterocycles. The number of aromatic nitrogens is 3. The van der Waals surface area contributed by atoms with E-state index in [1.54, 1.807) is 24.5 Å². The maximum atomic E-state index is 13.8. The van der Waals surface area contributed by atoms with Gasteiger partial charge in [-0.2, -0.15) is 0 Å². The fourth-order valence-electron chi connectivity index (χ4n) is 3.82. The van der Waals surface area contributed by atoms with Crippen LogP contribution in [-0.2, 0) is 0 Å². The van der Waals surface area contributed by atoms with Crippen LogP contribution in [0.1, 0.15) is 0 Å². The summed E-state index contributed by atoms with van der Waals surface area (Å²) in [6.07, 6.45) is 7.02. The van der Waals surface area contributed by atoms with Gasteiger partial charge in [-0.1, -0.05) is 18.2 Å². The monoisotopic (exact) mass is 471 g/mol. The van der Waals surface area contributed by atoms with Crippen LogP contribution in [0.25, 0.3) is 33.4 Å². The van der Waals surface area contributed by atoms with E-state index in [0.717, 1.165) is 33.3 Å². The lowest BCUT2D eigenvalue weighted by molar-refractivity contribution is 0.405. The van der Waals surface area contributed by atoms with Crippen LogP contribution in [0.2, 0.25) is 0 Å². The number of allylic oxidation sites excluding steroid dienone is 3. The fourth-order valence-corrected chi connectivity index (χ4v) is 4.04. The Morgan fingerprint density at radius 2 is 1.76 bits per heavy atom. The molecule has 7 heteroatoms. The highest BCUT2D eigenvalue weighted by molar-refractivity contribution is 6.22. The summed E-state index contributed by atoms with van der Waals surface area (Å²) in [6, 6.07) is 18.3. The minimum Gasteiger partial charge on any atom is -0.378 e. The molecule has 5 nitrogen and oxygen atoms in total. The Hall–Kier alpha value is -3.77. The van der Waals surface area contributed by atoms with Crippen molar-refractivity contribution in [2.45, 2.75) is 11.5 Å². The molecule has 0 fully saturated rings.